The molecule has 4 rings (SSSR count). The molecule has 0 spiro atoms. The summed E-state index contributed by atoms with van der Waals surface area (Å²) >= 11 is 3.62. The van der Waals surface area contributed by atoms with Gasteiger partial charge in [0, 0.05) is 17.1 Å². The predicted molar refractivity (Wildman–Crippen MR) is 109 cm³/mol. The van der Waals surface area contributed by atoms with Crippen molar-refractivity contribution in [1.29, 1.82) is 0 Å². The Balaban J connectivity index is 1.92. The molecule has 2 aromatic carbocycles. The molecule has 0 aliphatic heterocycles. The van der Waals surface area contributed by atoms with Gasteiger partial charge in [0.1, 0.15) is 0 Å². The molecule has 0 fully saturated rings. The number of halogens is 1. The van der Waals surface area contributed by atoms with Crippen LogP contribution in [-0.2, 0) is 0 Å². The number of pyridine rings is 1. The second-order valence-electron chi connectivity index (χ2n) is 5.92. The predicted octanol–water partition coefficient (Wildman–Crippen LogP) is 5.03. The van der Waals surface area contributed by atoms with E-state index in [2.05, 4.69) is 37.2 Å². The van der Waals surface area contributed by atoms with Crippen molar-refractivity contribution in [2.24, 2.45) is 0 Å². The molecule has 4 aromatic rings. The highest BCUT2D eigenvalue weighted by molar-refractivity contribution is 9.10. The molecule has 2 N–H and O–H groups in total. The quantitative estimate of drug-likeness (QED) is 0.484. The summed E-state index contributed by atoms with van der Waals surface area (Å²) in [5.74, 6) is 0.920. The third-order valence-corrected chi connectivity index (χ3v) is 4.89. The summed E-state index contributed by atoms with van der Waals surface area (Å²) in [4.78, 5) is 13.3. The summed E-state index contributed by atoms with van der Waals surface area (Å²) in [7, 11) is 0. The largest absolute Gasteiger partial charge is 0.368 e. The van der Waals surface area contributed by atoms with E-state index in [0.29, 0.717) is 5.82 Å². The molecule has 0 bridgehead atoms. The van der Waals surface area contributed by atoms with Gasteiger partial charge < -0.3 is 5.73 Å². The van der Waals surface area contributed by atoms with Crippen LogP contribution in [0.1, 0.15) is 5.56 Å². The number of para-hydroxylation sites is 1. The fourth-order valence-corrected chi connectivity index (χ4v) is 3.40. The lowest BCUT2D eigenvalue weighted by molar-refractivity contribution is 1.21. The first-order chi connectivity index (χ1) is 12.6. The molecule has 5 nitrogen and oxygen atoms in total. The fourth-order valence-electron chi connectivity index (χ4n) is 2.90. The van der Waals surface area contributed by atoms with Crippen LogP contribution in [0.2, 0.25) is 0 Å². The normalized spacial score (nSPS) is 10.8. The van der Waals surface area contributed by atoms with Gasteiger partial charge in [0.15, 0.2) is 5.82 Å². The van der Waals surface area contributed by atoms with Crippen molar-refractivity contribution < 1.29 is 0 Å². The number of benzene rings is 2. The molecule has 0 saturated carbocycles. The molecule has 0 radical (unpaired) electrons. The van der Waals surface area contributed by atoms with Gasteiger partial charge in [0.25, 0.3) is 0 Å². The number of aryl methyl sites for hydroxylation is 1. The average Bonchev–Trinajstić information content (AvgIpc) is 2.67. The van der Waals surface area contributed by atoms with E-state index in [1.165, 1.54) is 0 Å². The fraction of sp³-hybridized carbons (Fsp3) is 0.0500. The van der Waals surface area contributed by atoms with Crippen molar-refractivity contribution in [2.75, 3.05) is 9.66 Å². The zero-order valence-corrected chi connectivity index (χ0v) is 15.7. The van der Waals surface area contributed by atoms with Crippen molar-refractivity contribution in [1.82, 2.24) is 15.0 Å². The Bertz CT molecular complexity index is 1080. The third kappa shape index (κ3) is 2.99. The van der Waals surface area contributed by atoms with E-state index in [1.807, 2.05) is 65.4 Å². The number of rotatable bonds is 3. The Hall–Kier alpha value is -2.99. The van der Waals surface area contributed by atoms with Gasteiger partial charge in [-0.1, -0.05) is 30.3 Å². The molecule has 0 saturated heterocycles. The molecule has 0 atom stereocenters. The molecule has 2 aromatic heterocycles. The van der Waals surface area contributed by atoms with Gasteiger partial charge in [-0.2, -0.15) is 4.98 Å². The van der Waals surface area contributed by atoms with Gasteiger partial charge in [-0.3, -0.25) is 8.91 Å². The monoisotopic (exact) mass is 405 g/mol. The maximum absolute atomic E-state index is 5.93. The average molecular weight is 406 g/mol. The second-order valence-corrected chi connectivity index (χ2v) is 6.63. The highest BCUT2D eigenvalue weighted by Gasteiger charge is 2.15. The second kappa shape index (κ2) is 6.72. The smallest absolute Gasteiger partial charge is 0.222 e. The summed E-state index contributed by atoms with van der Waals surface area (Å²) < 4.78 is 1.84. The number of hydrogen-bond acceptors (Lipinski definition) is 5. The maximum atomic E-state index is 5.93. The van der Waals surface area contributed by atoms with E-state index in [1.54, 1.807) is 6.20 Å². The topological polar surface area (TPSA) is 67.9 Å². The van der Waals surface area contributed by atoms with E-state index in [-0.39, 0.29) is 5.95 Å². The Kier molecular flexibility index (Phi) is 4.26. The van der Waals surface area contributed by atoms with Crippen LogP contribution >= 0.6 is 16.1 Å². The minimum Gasteiger partial charge on any atom is -0.368 e. The Morgan fingerprint density at radius 3 is 2.54 bits per heavy atom. The van der Waals surface area contributed by atoms with Gasteiger partial charge in [-0.15, -0.1) is 0 Å². The van der Waals surface area contributed by atoms with E-state index < -0.39 is 0 Å². The standard InChI is InChI=1S/C20H16BrN5/c1-13-6-5-11-23-18(13)14-9-10-17-16(12-14)19(25-20(22)24-17)26(21)15-7-3-2-4-8-15/h2-12H,1H3,(H2,22,24,25). The Labute approximate surface area is 159 Å². The van der Waals surface area contributed by atoms with E-state index >= 15 is 0 Å². The van der Waals surface area contributed by atoms with Crippen LogP contribution in [-0.4, -0.2) is 15.0 Å². The number of hydrogen-bond donors (Lipinski definition) is 1. The zero-order chi connectivity index (χ0) is 18.1. The lowest BCUT2D eigenvalue weighted by Crippen LogP contribution is -2.07. The van der Waals surface area contributed by atoms with Crippen molar-refractivity contribution in [3.8, 4) is 11.3 Å². The molecule has 128 valence electrons. The molecule has 0 aliphatic rings. The van der Waals surface area contributed by atoms with Crippen molar-refractivity contribution in [2.45, 2.75) is 6.92 Å². The van der Waals surface area contributed by atoms with Crippen LogP contribution < -0.4 is 9.66 Å². The van der Waals surface area contributed by atoms with Crippen LogP contribution in [0.4, 0.5) is 17.5 Å². The van der Waals surface area contributed by atoms with Crippen molar-refractivity contribution in [3.05, 3.63) is 72.4 Å². The van der Waals surface area contributed by atoms with Crippen molar-refractivity contribution in [3.63, 3.8) is 0 Å². The van der Waals surface area contributed by atoms with E-state index in [9.17, 15) is 0 Å². The Morgan fingerprint density at radius 1 is 0.962 bits per heavy atom. The van der Waals surface area contributed by atoms with Crippen LogP contribution in [0, 0.1) is 6.92 Å². The molecule has 6 heteroatoms. The van der Waals surface area contributed by atoms with E-state index in [4.69, 9.17) is 5.73 Å². The van der Waals surface area contributed by atoms with Crippen LogP contribution in [0.3, 0.4) is 0 Å². The highest BCUT2D eigenvalue weighted by atomic mass is 79.9. The summed E-state index contributed by atoms with van der Waals surface area (Å²) in [6, 6.07) is 19.9. The summed E-state index contributed by atoms with van der Waals surface area (Å²) in [6.45, 7) is 2.05. The first-order valence-electron chi connectivity index (χ1n) is 8.14. The maximum Gasteiger partial charge on any atom is 0.222 e. The number of fused-ring (bicyclic) bond motifs is 1. The van der Waals surface area contributed by atoms with Crippen LogP contribution in [0.5, 0.6) is 0 Å². The molecule has 0 amide bonds. The van der Waals surface area contributed by atoms with Gasteiger partial charge in [-0.05, 0) is 42.8 Å². The number of nitrogens with two attached hydrogens (primary N) is 1. The summed E-state index contributed by atoms with van der Waals surface area (Å²) in [6.07, 6.45) is 1.80. The molecule has 26 heavy (non-hydrogen) atoms. The van der Waals surface area contributed by atoms with Gasteiger partial charge >= 0.3 is 0 Å². The highest BCUT2D eigenvalue weighted by Crippen LogP contribution is 2.35. The van der Waals surface area contributed by atoms with Crippen LogP contribution in [0.15, 0.2) is 66.9 Å². The molecular weight excluding hydrogens is 390 g/mol. The number of anilines is 3. The minimum absolute atomic E-state index is 0.231. The van der Waals surface area contributed by atoms with Gasteiger partial charge in [0.2, 0.25) is 5.95 Å². The van der Waals surface area contributed by atoms with Crippen LogP contribution in [0.25, 0.3) is 22.2 Å². The van der Waals surface area contributed by atoms with Gasteiger partial charge in [0.05, 0.1) is 33.0 Å². The van der Waals surface area contributed by atoms with Crippen molar-refractivity contribution >= 4 is 44.5 Å². The van der Waals surface area contributed by atoms with Gasteiger partial charge in [-0.25, -0.2) is 4.98 Å². The zero-order valence-electron chi connectivity index (χ0n) is 14.1. The SMILES string of the molecule is Cc1cccnc1-c1ccc2nc(N)nc(N(Br)c3ccccc3)c2c1. The minimum atomic E-state index is 0.231. The molecule has 2 heterocycles. The van der Waals surface area contributed by atoms with E-state index in [0.717, 1.165) is 33.4 Å². The lowest BCUT2D eigenvalue weighted by Gasteiger charge is -2.18. The number of aromatic nitrogens is 3. The lowest BCUT2D eigenvalue weighted by atomic mass is 10.0. The first-order valence-corrected chi connectivity index (χ1v) is 8.84. The first kappa shape index (κ1) is 16.5. The Morgan fingerprint density at radius 2 is 1.77 bits per heavy atom. The molecule has 0 aliphatic carbocycles. The molecule has 0 unspecified atom stereocenters. The number of nitrogens with zero attached hydrogens (tertiary/aromatic N) is 4. The number of nitrogen functional groups attached to an aromatic ring is 1. The third-order valence-electron chi connectivity index (χ3n) is 4.14. The summed E-state index contributed by atoms with van der Waals surface area (Å²) in [5.41, 5.74) is 10.7. The summed E-state index contributed by atoms with van der Waals surface area (Å²) in [5, 5.41) is 0.891. The molecular formula is C20H16BrN5.